The molecule has 3 aromatic rings. The van der Waals surface area contributed by atoms with Crippen molar-refractivity contribution in [3.63, 3.8) is 0 Å². The molecular formula is C22H17NO4. The lowest BCUT2D eigenvalue weighted by Crippen LogP contribution is -2.22. The lowest BCUT2D eigenvalue weighted by molar-refractivity contribution is 0.0696. The first-order valence-corrected chi connectivity index (χ1v) is 8.53. The van der Waals surface area contributed by atoms with E-state index in [0.29, 0.717) is 17.8 Å². The van der Waals surface area contributed by atoms with Crippen LogP contribution >= 0.6 is 0 Å². The van der Waals surface area contributed by atoms with Gasteiger partial charge in [-0.15, -0.1) is 0 Å². The summed E-state index contributed by atoms with van der Waals surface area (Å²) in [6, 6.07) is 17.3. The van der Waals surface area contributed by atoms with E-state index in [2.05, 4.69) is 0 Å². The van der Waals surface area contributed by atoms with Gasteiger partial charge >= 0.3 is 5.97 Å². The summed E-state index contributed by atoms with van der Waals surface area (Å²) >= 11 is 0. The Bertz CT molecular complexity index is 1090. The Morgan fingerprint density at radius 3 is 2.52 bits per heavy atom. The number of fused-ring (bicyclic) bond motifs is 1. The van der Waals surface area contributed by atoms with E-state index in [0.717, 1.165) is 22.3 Å². The fourth-order valence-electron chi connectivity index (χ4n) is 3.44. The van der Waals surface area contributed by atoms with Crippen molar-refractivity contribution in [1.82, 2.24) is 0 Å². The minimum Gasteiger partial charge on any atom is -0.506 e. The lowest BCUT2D eigenvalue weighted by atomic mass is 9.95. The van der Waals surface area contributed by atoms with Gasteiger partial charge in [-0.3, -0.25) is 4.79 Å². The fraction of sp³-hybridized carbons (Fsp3) is 0.0909. The van der Waals surface area contributed by atoms with Crippen molar-refractivity contribution < 1.29 is 19.8 Å². The molecule has 0 spiro atoms. The van der Waals surface area contributed by atoms with Crippen molar-refractivity contribution in [3.8, 4) is 16.9 Å². The van der Waals surface area contributed by atoms with Crippen molar-refractivity contribution >= 4 is 17.6 Å². The molecule has 27 heavy (non-hydrogen) atoms. The number of carboxylic acid groups (broad SMARTS) is 1. The van der Waals surface area contributed by atoms with Gasteiger partial charge in [0.15, 0.2) is 0 Å². The minimum absolute atomic E-state index is 0.0592. The molecule has 3 aromatic carbocycles. The summed E-state index contributed by atoms with van der Waals surface area (Å²) in [6.45, 7) is 2.28. The van der Waals surface area contributed by atoms with E-state index < -0.39 is 5.97 Å². The average molecular weight is 359 g/mol. The summed E-state index contributed by atoms with van der Waals surface area (Å²) in [5.74, 6) is -1.07. The first-order chi connectivity index (χ1) is 13.0. The number of benzene rings is 3. The number of rotatable bonds is 3. The second kappa shape index (κ2) is 6.29. The van der Waals surface area contributed by atoms with Gasteiger partial charge in [0.2, 0.25) is 0 Å². The quantitative estimate of drug-likeness (QED) is 0.734. The fourth-order valence-corrected chi connectivity index (χ4v) is 3.44. The highest BCUT2D eigenvalue weighted by molar-refractivity contribution is 6.11. The lowest BCUT2D eigenvalue weighted by Gasteiger charge is -2.16. The number of amides is 1. The highest BCUT2D eigenvalue weighted by atomic mass is 16.4. The van der Waals surface area contributed by atoms with Crippen LogP contribution in [-0.2, 0) is 6.54 Å². The van der Waals surface area contributed by atoms with Crippen molar-refractivity contribution in [2.24, 2.45) is 0 Å². The molecule has 1 heterocycles. The third-order valence-corrected chi connectivity index (χ3v) is 4.88. The third kappa shape index (κ3) is 2.83. The van der Waals surface area contributed by atoms with Crippen molar-refractivity contribution in [2.45, 2.75) is 13.5 Å². The number of para-hydroxylation sites is 2. The summed E-state index contributed by atoms with van der Waals surface area (Å²) in [6.07, 6.45) is 0. The Hall–Kier alpha value is -3.60. The molecule has 1 amide bonds. The van der Waals surface area contributed by atoms with Gasteiger partial charge in [-0.25, -0.2) is 4.79 Å². The molecule has 0 saturated heterocycles. The summed E-state index contributed by atoms with van der Waals surface area (Å²) in [5, 5.41) is 19.3. The molecule has 2 N–H and O–H groups in total. The maximum atomic E-state index is 12.7. The van der Waals surface area contributed by atoms with Crippen molar-refractivity contribution in [2.75, 3.05) is 4.90 Å². The molecule has 0 aliphatic carbocycles. The standard InChI is InChI=1S/C22H17NO4/c1-13-6-7-15(22(26)27)11-18(13)14-8-9-17-16(10-14)12-23(21(17)25)19-4-2-3-5-20(19)24/h2-11,24H,12H2,1H3,(H,26,27). The van der Waals surface area contributed by atoms with Crippen LogP contribution in [0.15, 0.2) is 60.7 Å². The third-order valence-electron chi connectivity index (χ3n) is 4.88. The number of phenolic OH excluding ortho intramolecular Hbond substituents is 1. The zero-order valence-electron chi connectivity index (χ0n) is 14.6. The van der Waals surface area contributed by atoms with Gasteiger partial charge in [-0.05, 0) is 65.6 Å². The SMILES string of the molecule is Cc1ccc(C(=O)O)cc1-c1ccc2c(c1)CN(c1ccccc1O)C2=O. The Balaban J connectivity index is 1.75. The Morgan fingerprint density at radius 2 is 1.78 bits per heavy atom. The number of nitrogens with zero attached hydrogens (tertiary/aromatic N) is 1. The monoisotopic (exact) mass is 359 g/mol. The molecule has 134 valence electrons. The van der Waals surface area contributed by atoms with Gasteiger partial charge in [-0.1, -0.05) is 24.3 Å². The number of phenols is 1. The van der Waals surface area contributed by atoms with E-state index in [1.165, 1.54) is 0 Å². The van der Waals surface area contributed by atoms with Crippen LogP contribution in [0, 0.1) is 6.92 Å². The largest absolute Gasteiger partial charge is 0.506 e. The van der Waals surface area contributed by atoms with E-state index in [-0.39, 0.29) is 17.2 Å². The van der Waals surface area contributed by atoms with Gasteiger partial charge in [0.1, 0.15) is 5.75 Å². The molecule has 0 bridgehead atoms. The Labute approximate surface area is 156 Å². The second-order valence-electron chi connectivity index (χ2n) is 6.59. The van der Waals surface area contributed by atoms with Gasteiger partial charge in [-0.2, -0.15) is 0 Å². The first-order valence-electron chi connectivity index (χ1n) is 8.53. The topological polar surface area (TPSA) is 77.8 Å². The number of anilines is 1. The second-order valence-corrected chi connectivity index (χ2v) is 6.59. The smallest absolute Gasteiger partial charge is 0.335 e. The average Bonchev–Trinajstić information content (AvgIpc) is 2.98. The molecule has 0 fully saturated rings. The van der Waals surface area contributed by atoms with Crippen LogP contribution in [0.5, 0.6) is 5.75 Å². The molecule has 0 atom stereocenters. The summed E-state index contributed by atoms with van der Waals surface area (Å²) in [5.41, 5.74) is 4.79. The van der Waals surface area contributed by atoms with E-state index in [1.54, 1.807) is 53.4 Å². The summed E-state index contributed by atoms with van der Waals surface area (Å²) in [7, 11) is 0. The molecule has 4 rings (SSSR count). The van der Waals surface area contributed by atoms with Gasteiger partial charge in [0, 0.05) is 5.56 Å². The molecule has 0 aromatic heterocycles. The number of carboxylic acids is 1. The number of hydrogen-bond donors (Lipinski definition) is 2. The molecule has 5 heteroatoms. The first kappa shape index (κ1) is 16.8. The van der Waals surface area contributed by atoms with Crippen LogP contribution in [0.25, 0.3) is 11.1 Å². The number of aromatic hydroxyl groups is 1. The highest BCUT2D eigenvalue weighted by Gasteiger charge is 2.30. The molecule has 0 saturated carbocycles. The van der Waals surface area contributed by atoms with Crippen molar-refractivity contribution in [1.29, 1.82) is 0 Å². The van der Waals surface area contributed by atoms with Crippen LogP contribution in [0.3, 0.4) is 0 Å². The zero-order valence-corrected chi connectivity index (χ0v) is 14.6. The van der Waals surface area contributed by atoms with Gasteiger partial charge in [0.05, 0.1) is 17.8 Å². The molecule has 1 aliphatic rings. The normalized spacial score (nSPS) is 12.9. The summed E-state index contributed by atoms with van der Waals surface area (Å²) in [4.78, 5) is 25.6. The van der Waals surface area contributed by atoms with Crippen LogP contribution in [0.1, 0.15) is 31.8 Å². The van der Waals surface area contributed by atoms with E-state index in [4.69, 9.17) is 0 Å². The summed E-state index contributed by atoms with van der Waals surface area (Å²) < 4.78 is 0. The predicted molar refractivity (Wildman–Crippen MR) is 102 cm³/mol. The van der Waals surface area contributed by atoms with E-state index in [1.807, 2.05) is 19.1 Å². The number of carbonyl (C=O) groups is 2. The molecule has 1 aliphatic heterocycles. The van der Waals surface area contributed by atoms with Gasteiger partial charge < -0.3 is 15.1 Å². The molecule has 0 radical (unpaired) electrons. The van der Waals surface area contributed by atoms with E-state index in [9.17, 15) is 19.8 Å². The molecule has 0 unspecified atom stereocenters. The number of aromatic carboxylic acids is 1. The number of carbonyl (C=O) groups excluding carboxylic acids is 1. The maximum Gasteiger partial charge on any atom is 0.335 e. The maximum absolute atomic E-state index is 12.7. The van der Waals surface area contributed by atoms with Crippen LogP contribution in [0.2, 0.25) is 0 Å². The van der Waals surface area contributed by atoms with Gasteiger partial charge in [0.25, 0.3) is 5.91 Å². The van der Waals surface area contributed by atoms with Crippen molar-refractivity contribution in [3.05, 3.63) is 82.9 Å². The van der Waals surface area contributed by atoms with Crippen LogP contribution < -0.4 is 4.90 Å². The van der Waals surface area contributed by atoms with E-state index >= 15 is 0 Å². The minimum atomic E-state index is -0.974. The number of aryl methyl sites for hydroxylation is 1. The number of hydrogen-bond acceptors (Lipinski definition) is 3. The molecule has 5 nitrogen and oxygen atoms in total. The van der Waals surface area contributed by atoms with Crippen LogP contribution in [0.4, 0.5) is 5.69 Å². The predicted octanol–water partition coefficient (Wildman–Crippen LogP) is 4.23. The zero-order chi connectivity index (χ0) is 19.1. The molecular weight excluding hydrogens is 342 g/mol. The Morgan fingerprint density at radius 1 is 1.00 bits per heavy atom. The Kier molecular flexibility index (Phi) is 3.92. The van der Waals surface area contributed by atoms with Crippen LogP contribution in [-0.4, -0.2) is 22.1 Å². The highest BCUT2D eigenvalue weighted by Crippen LogP contribution is 2.36.